The third-order valence-corrected chi connectivity index (χ3v) is 13.8. The molecule has 1 aliphatic heterocycles. The summed E-state index contributed by atoms with van der Waals surface area (Å²) >= 11 is 0. The van der Waals surface area contributed by atoms with Gasteiger partial charge in [0.25, 0.3) is 0 Å². The molecular formula is C55H98N16O17S. The number of hydrogen-bond donors (Lipinski definition) is 20. The smallest absolute Gasteiger partial charge is 0.391 e. The highest BCUT2D eigenvalue weighted by Crippen LogP contribution is 2.13. The Balaban J connectivity index is 0.00000759. The van der Waals surface area contributed by atoms with Crippen LogP contribution in [0.5, 0.6) is 0 Å². The van der Waals surface area contributed by atoms with Crippen molar-refractivity contribution in [3.05, 3.63) is 35.9 Å². The molecule has 34 heteroatoms. The first kappa shape index (κ1) is 80.0. The Morgan fingerprint density at radius 2 is 0.921 bits per heavy atom. The molecule has 33 nitrogen and oxygen atoms in total. The van der Waals surface area contributed by atoms with Gasteiger partial charge in [-0.2, -0.15) is 8.42 Å². The van der Waals surface area contributed by atoms with Crippen molar-refractivity contribution in [3.8, 4) is 0 Å². The van der Waals surface area contributed by atoms with E-state index in [1.54, 1.807) is 44.2 Å². The van der Waals surface area contributed by atoms with E-state index in [4.69, 9.17) is 46.2 Å². The van der Waals surface area contributed by atoms with E-state index in [0.29, 0.717) is 17.9 Å². The fraction of sp³-hybridized carbons (Fsp3) is 0.691. The van der Waals surface area contributed by atoms with E-state index < -0.39 is 184 Å². The summed E-state index contributed by atoms with van der Waals surface area (Å²) in [5.74, 6) is -10.8. The molecule has 0 aliphatic carbocycles. The van der Waals surface area contributed by atoms with Gasteiger partial charge in [0, 0.05) is 43.1 Å². The molecule has 0 saturated carbocycles. The standard InChI is InChI=1S/C55H96N16O13.H2O4S/c1-24(2)18-16-17-21-37(74)64-38(26(5)56)49(78)71-45(33(12)73)55(84)68-41(29(8)59)51(80)69-43-31(10)61-54(83)44(32(11)72)70-52(81)42(30(9)60)66-50(79)40(28(7)58)65-47(76)35(22-25(3)4)62-46(75)36(23-34-19-14-13-15-20-34)63-48(77)39(27(6)57)67-53(43)82;1-5(2,3)4/h13-15,19-20,24-33,35-36,38-45,72-73H,16-18,21-23,56-60H2,1-12H3,(H,61,83)(H,62,75)(H,63,77)(H,64,74)(H,65,76)(H,66,79)(H,67,82)(H,68,84)(H,69,80)(H,70,81)(H,71,78);(H2,1,2,3,4)/t26?,27?,28?,29?,30?,31?,32-,33-,35+,36+,38+,39+,40+,41+,42+,43+,44+,45+;/m1./s1. The highest BCUT2D eigenvalue weighted by molar-refractivity contribution is 7.79. The maximum Gasteiger partial charge on any atom is 0.394 e. The highest BCUT2D eigenvalue weighted by atomic mass is 32.3. The zero-order valence-corrected chi connectivity index (χ0v) is 53.4. The van der Waals surface area contributed by atoms with Crippen LogP contribution in [0, 0.1) is 11.8 Å². The Labute approximate surface area is 519 Å². The summed E-state index contributed by atoms with van der Waals surface area (Å²) < 4.78 is 31.6. The predicted molar refractivity (Wildman–Crippen MR) is 326 cm³/mol. The number of aliphatic hydroxyl groups is 2. The SMILES string of the molecule is CC(C)CCCCC(=O)N[C@H](C(=O)N[C@H](C(=O)N[C@H](C(=O)N[C@@H]1C(=O)N[C@@H](C(C)N)C(=O)N[C@@H](Cc2ccccc2)C(=O)N[C@@H](CC(C)C)C(=O)N[C@@H](C(C)N)C(=O)N[C@@H](C(C)N)C(=O)N[C@@H]([C@@H](C)O)C(=O)NC1C)C(C)N)[C@@H](C)O)C(C)N.O=S(=O)(O)O. The third kappa shape index (κ3) is 29.0. The average Bonchev–Trinajstić information content (AvgIpc) is 1.26. The molecule has 0 spiro atoms. The van der Waals surface area contributed by atoms with Gasteiger partial charge in [-0.3, -0.25) is 61.8 Å². The molecule has 1 saturated heterocycles. The summed E-state index contributed by atoms with van der Waals surface area (Å²) in [6.45, 7) is 18.0. The first-order chi connectivity index (χ1) is 41.1. The molecule has 1 aromatic carbocycles. The molecule has 11 amide bonds. The summed E-state index contributed by atoms with van der Waals surface area (Å²) in [4.78, 5) is 155. The molecule has 25 N–H and O–H groups in total. The van der Waals surface area contributed by atoms with Crippen LogP contribution < -0.4 is 87.2 Å². The monoisotopic (exact) mass is 1290 g/mol. The maximum atomic E-state index is 14.8. The molecule has 1 aromatic rings. The van der Waals surface area contributed by atoms with Crippen LogP contribution >= 0.6 is 0 Å². The van der Waals surface area contributed by atoms with E-state index in [1.165, 1.54) is 48.5 Å². The second-order valence-corrected chi connectivity index (χ2v) is 24.4. The summed E-state index contributed by atoms with van der Waals surface area (Å²) in [6.07, 6.45) is -1.21. The molecule has 89 heavy (non-hydrogen) atoms. The van der Waals surface area contributed by atoms with Crippen LogP contribution in [0.25, 0.3) is 0 Å². The first-order valence-corrected chi connectivity index (χ1v) is 30.7. The van der Waals surface area contributed by atoms with Crippen molar-refractivity contribution in [1.29, 1.82) is 0 Å². The van der Waals surface area contributed by atoms with Crippen molar-refractivity contribution in [2.45, 2.75) is 230 Å². The lowest BCUT2D eigenvalue weighted by molar-refractivity contribution is -0.138. The number of nitrogens with two attached hydrogens (primary N) is 5. The largest absolute Gasteiger partial charge is 0.394 e. The van der Waals surface area contributed by atoms with E-state index in [0.717, 1.165) is 19.8 Å². The number of unbranched alkanes of at least 4 members (excludes halogenated alkanes) is 1. The quantitative estimate of drug-likeness (QED) is 0.0358. The summed E-state index contributed by atoms with van der Waals surface area (Å²) in [5.41, 5.74) is 31.7. The van der Waals surface area contributed by atoms with Crippen molar-refractivity contribution < 1.29 is 80.5 Å². The minimum absolute atomic E-state index is 0.00784. The van der Waals surface area contributed by atoms with E-state index in [9.17, 15) is 63.0 Å². The van der Waals surface area contributed by atoms with Crippen LogP contribution in [0.2, 0.25) is 0 Å². The lowest BCUT2D eigenvalue weighted by Crippen LogP contribution is -2.68. The fourth-order valence-corrected chi connectivity index (χ4v) is 8.90. The van der Waals surface area contributed by atoms with Crippen LogP contribution in [0.1, 0.15) is 121 Å². The Bertz CT molecular complexity index is 2640. The molecule has 18 atom stereocenters. The van der Waals surface area contributed by atoms with Crippen LogP contribution in [-0.2, 0) is 69.6 Å². The molecule has 6 unspecified atom stereocenters. The molecule has 0 aromatic heterocycles. The third-order valence-electron chi connectivity index (χ3n) is 13.8. The second kappa shape index (κ2) is 37.9. The highest BCUT2D eigenvalue weighted by Gasteiger charge is 2.41. The van der Waals surface area contributed by atoms with Crippen LogP contribution in [0.15, 0.2) is 30.3 Å². The predicted octanol–water partition coefficient (Wildman–Crippen LogP) is -6.30. The number of carbonyl (C=O) groups excluding carboxylic acids is 11. The number of amides is 11. The molecule has 1 fully saturated rings. The zero-order chi connectivity index (χ0) is 68.5. The van der Waals surface area contributed by atoms with Gasteiger partial charge in [0.2, 0.25) is 65.0 Å². The van der Waals surface area contributed by atoms with Gasteiger partial charge in [0.1, 0.15) is 60.4 Å². The Kier molecular flexibility index (Phi) is 34.0. The van der Waals surface area contributed by atoms with Gasteiger partial charge in [-0.15, -0.1) is 0 Å². The minimum atomic E-state index is -4.67. The van der Waals surface area contributed by atoms with Crippen LogP contribution in [0.3, 0.4) is 0 Å². The normalized spacial score (nSPS) is 24.6. The summed E-state index contributed by atoms with van der Waals surface area (Å²) in [7, 11) is -4.67. The van der Waals surface area contributed by atoms with E-state index in [2.05, 4.69) is 58.5 Å². The molecule has 0 bridgehead atoms. The molecule has 0 radical (unpaired) electrons. The van der Waals surface area contributed by atoms with E-state index >= 15 is 0 Å². The van der Waals surface area contributed by atoms with Gasteiger partial charge >= 0.3 is 10.4 Å². The van der Waals surface area contributed by atoms with E-state index in [1.807, 2.05) is 13.8 Å². The number of hydrogen-bond acceptors (Lipinski definition) is 20. The number of aliphatic hydroxyl groups excluding tert-OH is 2. The Morgan fingerprint density at radius 1 is 0.517 bits per heavy atom. The molecule has 2 rings (SSSR count). The summed E-state index contributed by atoms with van der Waals surface area (Å²) in [5, 5.41) is 49.1. The number of nitrogens with one attached hydrogen (secondary N) is 11. The van der Waals surface area contributed by atoms with Crippen molar-refractivity contribution in [3.63, 3.8) is 0 Å². The van der Waals surface area contributed by atoms with Crippen molar-refractivity contribution >= 4 is 75.4 Å². The molecule has 1 aliphatic rings. The van der Waals surface area contributed by atoms with Gasteiger partial charge in [-0.05, 0) is 85.6 Å². The van der Waals surface area contributed by atoms with Crippen LogP contribution in [0.4, 0.5) is 0 Å². The number of rotatable bonds is 23. The average molecular weight is 1290 g/mol. The maximum absolute atomic E-state index is 14.8. The molecular weight excluding hydrogens is 1190 g/mol. The minimum Gasteiger partial charge on any atom is -0.391 e. The fourth-order valence-electron chi connectivity index (χ4n) is 8.90. The van der Waals surface area contributed by atoms with Crippen molar-refractivity contribution in [2.24, 2.45) is 40.5 Å². The Morgan fingerprint density at radius 3 is 1.37 bits per heavy atom. The van der Waals surface area contributed by atoms with E-state index in [-0.39, 0.29) is 25.2 Å². The lowest BCUT2D eigenvalue weighted by atomic mass is 9.99. The van der Waals surface area contributed by atoms with Crippen molar-refractivity contribution in [2.75, 3.05) is 0 Å². The topological polar surface area (TPSA) is 565 Å². The van der Waals surface area contributed by atoms with Crippen molar-refractivity contribution in [1.82, 2.24) is 58.5 Å². The molecule has 506 valence electrons. The Hall–Kier alpha value is -7.02. The number of carbonyl (C=O) groups is 11. The molecule has 1 heterocycles. The van der Waals surface area contributed by atoms with Gasteiger partial charge in [0.15, 0.2) is 0 Å². The summed E-state index contributed by atoms with van der Waals surface area (Å²) in [6, 6.07) is -15.5. The van der Waals surface area contributed by atoms with Crippen LogP contribution in [-0.4, -0.2) is 202 Å². The lowest BCUT2D eigenvalue weighted by Gasteiger charge is -2.33. The zero-order valence-electron chi connectivity index (χ0n) is 52.6. The van der Waals surface area contributed by atoms with Gasteiger partial charge in [0.05, 0.1) is 18.2 Å². The first-order valence-electron chi connectivity index (χ1n) is 29.3. The van der Waals surface area contributed by atoms with Gasteiger partial charge in [-0.1, -0.05) is 70.9 Å². The van der Waals surface area contributed by atoms with Gasteiger partial charge in [-0.25, -0.2) is 0 Å². The van der Waals surface area contributed by atoms with Gasteiger partial charge < -0.3 is 97.4 Å². The number of benzene rings is 1. The second-order valence-electron chi connectivity index (χ2n) is 23.6.